The lowest BCUT2D eigenvalue weighted by Crippen LogP contribution is -2.23. The van der Waals surface area contributed by atoms with Crippen molar-refractivity contribution in [3.05, 3.63) is 59.7 Å². The molecule has 1 aliphatic heterocycles. The lowest BCUT2D eigenvalue weighted by Gasteiger charge is -2.15. The number of nitrogens with one attached hydrogen (secondary N) is 2. The highest BCUT2D eigenvalue weighted by Crippen LogP contribution is 2.25. The Hall–Kier alpha value is -3.55. The van der Waals surface area contributed by atoms with Crippen molar-refractivity contribution in [3.8, 4) is 0 Å². The summed E-state index contributed by atoms with van der Waals surface area (Å²) >= 11 is 0. The van der Waals surface area contributed by atoms with E-state index in [0.717, 1.165) is 29.8 Å². The van der Waals surface area contributed by atoms with Crippen LogP contribution >= 0.6 is 0 Å². The molecule has 29 heavy (non-hydrogen) atoms. The number of benzene rings is 2. The molecule has 3 amide bonds. The molecule has 1 fully saturated rings. The molecule has 0 atom stereocenters. The summed E-state index contributed by atoms with van der Waals surface area (Å²) < 4.78 is 26.9. The van der Waals surface area contributed by atoms with Crippen molar-refractivity contribution < 1.29 is 23.2 Å². The summed E-state index contributed by atoms with van der Waals surface area (Å²) in [5.74, 6) is -3.27. The van der Waals surface area contributed by atoms with Crippen LogP contribution in [0.4, 0.5) is 25.8 Å². The van der Waals surface area contributed by atoms with Crippen LogP contribution in [0.2, 0.25) is 0 Å². The smallest absolute Gasteiger partial charge is 0.248 e. The first kappa shape index (κ1) is 20.2. The number of hydrogen-bond donors (Lipinski definition) is 2. The summed E-state index contributed by atoms with van der Waals surface area (Å²) in [6.07, 6.45) is 4.16. The zero-order chi connectivity index (χ0) is 21.0. The average molecular weight is 399 g/mol. The largest absolute Gasteiger partial charge is 0.324 e. The molecule has 1 saturated heterocycles. The Kier molecular flexibility index (Phi) is 6.01. The highest BCUT2D eigenvalue weighted by Gasteiger charge is 2.21. The third-order valence-electron chi connectivity index (χ3n) is 4.33. The fraction of sp³-hybridized carbons (Fsp3) is 0.190. The van der Waals surface area contributed by atoms with Crippen LogP contribution < -0.4 is 15.5 Å². The van der Waals surface area contributed by atoms with Gasteiger partial charge in [0.15, 0.2) is 11.6 Å². The van der Waals surface area contributed by atoms with Gasteiger partial charge in [-0.15, -0.1) is 0 Å². The maximum absolute atomic E-state index is 13.5. The van der Waals surface area contributed by atoms with Crippen molar-refractivity contribution in [1.82, 2.24) is 0 Å². The van der Waals surface area contributed by atoms with Gasteiger partial charge in [-0.25, -0.2) is 8.78 Å². The highest BCUT2D eigenvalue weighted by molar-refractivity contribution is 6.05. The fourth-order valence-corrected chi connectivity index (χ4v) is 2.98. The molecule has 2 aromatic carbocycles. The third kappa shape index (κ3) is 5.04. The third-order valence-corrected chi connectivity index (χ3v) is 4.33. The van der Waals surface area contributed by atoms with Crippen LogP contribution in [0.25, 0.3) is 6.08 Å². The van der Waals surface area contributed by atoms with Crippen molar-refractivity contribution >= 4 is 40.9 Å². The lowest BCUT2D eigenvalue weighted by molar-refractivity contribution is -0.117. The number of anilines is 3. The number of rotatable bonds is 5. The molecular weight excluding hydrogens is 380 g/mol. The van der Waals surface area contributed by atoms with Crippen molar-refractivity contribution in [3.63, 3.8) is 0 Å². The molecule has 0 saturated carbocycles. The number of amides is 3. The Morgan fingerprint density at radius 3 is 2.21 bits per heavy atom. The summed E-state index contributed by atoms with van der Waals surface area (Å²) in [5.41, 5.74) is 1.42. The van der Waals surface area contributed by atoms with E-state index in [1.807, 2.05) is 0 Å². The number of hydrogen-bond acceptors (Lipinski definition) is 3. The molecule has 1 heterocycles. The summed E-state index contributed by atoms with van der Waals surface area (Å²) in [6.45, 7) is 1.91. The Labute approximate surface area is 166 Å². The second kappa shape index (κ2) is 8.64. The van der Waals surface area contributed by atoms with Crippen LogP contribution in [0.5, 0.6) is 0 Å². The molecule has 0 radical (unpaired) electrons. The first-order valence-corrected chi connectivity index (χ1v) is 8.99. The number of halogens is 2. The quantitative estimate of drug-likeness (QED) is 0.753. The van der Waals surface area contributed by atoms with E-state index in [1.54, 1.807) is 35.2 Å². The molecule has 6 nitrogen and oxygen atoms in total. The maximum Gasteiger partial charge on any atom is 0.248 e. The van der Waals surface area contributed by atoms with Gasteiger partial charge in [0.05, 0.1) is 11.4 Å². The molecule has 0 unspecified atom stereocenters. The lowest BCUT2D eigenvalue weighted by atomic mass is 10.2. The molecule has 8 heteroatoms. The van der Waals surface area contributed by atoms with Crippen LogP contribution in [-0.2, 0) is 14.4 Å². The van der Waals surface area contributed by atoms with Gasteiger partial charge in [-0.05, 0) is 30.2 Å². The van der Waals surface area contributed by atoms with Gasteiger partial charge in [-0.2, -0.15) is 0 Å². The Bertz CT molecular complexity index is 987. The zero-order valence-electron chi connectivity index (χ0n) is 15.7. The van der Waals surface area contributed by atoms with Gasteiger partial charge in [-0.1, -0.05) is 12.1 Å². The van der Waals surface area contributed by atoms with E-state index in [2.05, 4.69) is 10.6 Å². The second-order valence-electron chi connectivity index (χ2n) is 6.56. The van der Waals surface area contributed by atoms with E-state index in [9.17, 15) is 23.2 Å². The Morgan fingerprint density at radius 2 is 1.66 bits per heavy atom. The van der Waals surface area contributed by atoms with Gasteiger partial charge >= 0.3 is 0 Å². The Morgan fingerprint density at radius 1 is 1.03 bits per heavy atom. The zero-order valence-corrected chi connectivity index (χ0v) is 15.7. The Balaban J connectivity index is 1.69. The minimum Gasteiger partial charge on any atom is -0.324 e. The van der Waals surface area contributed by atoms with Crippen molar-refractivity contribution in [1.29, 1.82) is 0 Å². The van der Waals surface area contributed by atoms with Crippen molar-refractivity contribution in [2.75, 3.05) is 22.1 Å². The van der Waals surface area contributed by atoms with Crippen LogP contribution in [0.15, 0.2) is 42.5 Å². The predicted molar refractivity (Wildman–Crippen MR) is 106 cm³/mol. The minimum atomic E-state index is -1.15. The van der Waals surface area contributed by atoms with Crippen molar-refractivity contribution in [2.45, 2.75) is 19.8 Å². The van der Waals surface area contributed by atoms with E-state index in [0.29, 0.717) is 13.0 Å². The highest BCUT2D eigenvalue weighted by atomic mass is 19.2. The SMILES string of the molecule is CC(=O)Nc1cc(F)c(F)cc1NC(=O)C=Cc1ccc(N2CCCC2=O)cc1. The van der Waals surface area contributed by atoms with Gasteiger partial charge in [0.1, 0.15) is 0 Å². The van der Waals surface area contributed by atoms with Gasteiger partial charge in [-0.3, -0.25) is 14.4 Å². The predicted octanol–water partition coefficient (Wildman–Crippen LogP) is 3.70. The molecule has 3 rings (SSSR count). The van der Waals surface area contributed by atoms with Gasteiger partial charge in [0.25, 0.3) is 0 Å². The molecular formula is C21H19F2N3O3. The van der Waals surface area contributed by atoms with E-state index < -0.39 is 23.4 Å². The van der Waals surface area contributed by atoms with Gasteiger partial charge in [0.2, 0.25) is 17.7 Å². The molecule has 0 bridgehead atoms. The first-order chi connectivity index (χ1) is 13.8. The minimum absolute atomic E-state index is 0.0437. The monoisotopic (exact) mass is 399 g/mol. The summed E-state index contributed by atoms with van der Waals surface area (Å²) in [4.78, 5) is 36.9. The molecule has 1 aliphatic rings. The average Bonchev–Trinajstić information content (AvgIpc) is 3.10. The summed E-state index contributed by atoms with van der Waals surface area (Å²) in [5, 5.41) is 4.76. The molecule has 150 valence electrons. The van der Waals surface area contributed by atoms with Crippen LogP contribution in [-0.4, -0.2) is 24.3 Å². The summed E-state index contributed by atoms with van der Waals surface area (Å²) in [6, 6.07) is 8.73. The van der Waals surface area contributed by atoms with E-state index in [1.165, 1.54) is 13.0 Å². The molecule has 2 N–H and O–H groups in total. The van der Waals surface area contributed by atoms with E-state index in [-0.39, 0.29) is 17.3 Å². The normalized spacial score (nSPS) is 13.8. The molecule has 0 aliphatic carbocycles. The van der Waals surface area contributed by atoms with Crippen molar-refractivity contribution in [2.24, 2.45) is 0 Å². The molecule has 0 aromatic heterocycles. The first-order valence-electron chi connectivity index (χ1n) is 8.99. The van der Waals surface area contributed by atoms with E-state index in [4.69, 9.17) is 0 Å². The van der Waals surface area contributed by atoms with Crippen LogP contribution in [0.1, 0.15) is 25.3 Å². The fourth-order valence-electron chi connectivity index (χ4n) is 2.98. The molecule has 2 aromatic rings. The standard InChI is InChI=1S/C21H19F2N3O3/c1-13(27)24-18-11-16(22)17(23)12-19(18)25-20(28)9-6-14-4-7-15(8-5-14)26-10-2-3-21(26)29/h4-9,11-12H,2-3,10H2,1H3,(H,24,27)(H,25,28). The maximum atomic E-state index is 13.5. The second-order valence-corrected chi connectivity index (χ2v) is 6.56. The topological polar surface area (TPSA) is 78.5 Å². The number of carbonyl (C=O) groups is 3. The molecule has 0 spiro atoms. The van der Waals surface area contributed by atoms with Crippen LogP contribution in [0, 0.1) is 11.6 Å². The summed E-state index contributed by atoms with van der Waals surface area (Å²) in [7, 11) is 0. The van der Waals surface area contributed by atoms with E-state index >= 15 is 0 Å². The van der Waals surface area contributed by atoms with Gasteiger partial charge in [0, 0.05) is 43.8 Å². The van der Waals surface area contributed by atoms with Crippen LogP contribution in [0.3, 0.4) is 0 Å². The number of nitrogens with zero attached hydrogens (tertiary/aromatic N) is 1. The van der Waals surface area contributed by atoms with Gasteiger partial charge < -0.3 is 15.5 Å². The number of carbonyl (C=O) groups excluding carboxylic acids is 3.